The predicted octanol–water partition coefficient (Wildman–Crippen LogP) is 2.50. The number of carbonyl (C=O) groups is 1. The standard InChI is InChI=1S/C16H22N2O/c19-16(13-3-1-4-13)18-10-8-12-6-7-15-14(11-12)5-2-9-17-15/h6-7,11,13,17H,1-5,8-10H2,(H,18,19). The van der Waals surface area contributed by atoms with E-state index in [9.17, 15) is 4.79 Å². The molecule has 2 N–H and O–H groups in total. The summed E-state index contributed by atoms with van der Waals surface area (Å²) in [6, 6.07) is 6.64. The largest absolute Gasteiger partial charge is 0.385 e. The first kappa shape index (κ1) is 12.5. The van der Waals surface area contributed by atoms with Crippen LogP contribution in [0.3, 0.4) is 0 Å². The molecular weight excluding hydrogens is 236 g/mol. The molecule has 3 heteroatoms. The summed E-state index contributed by atoms with van der Waals surface area (Å²) in [5.41, 5.74) is 4.04. The molecule has 0 atom stereocenters. The Hall–Kier alpha value is -1.51. The van der Waals surface area contributed by atoms with Crippen molar-refractivity contribution >= 4 is 11.6 Å². The predicted molar refractivity (Wildman–Crippen MR) is 77.3 cm³/mol. The first-order valence-electron chi connectivity index (χ1n) is 7.46. The zero-order valence-electron chi connectivity index (χ0n) is 11.4. The summed E-state index contributed by atoms with van der Waals surface area (Å²) in [7, 11) is 0. The second-order valence-corrected chi connectivity index (χ2v) is 5.69. The molecule has 1 saturated carbocycles. The Kier molecular flexibility index (Phi) is 3.72. The van der Waals surface area contributed by atoms with E-state index in [1.165, 1.54) is 36.1 Å². The fourth-order valence-electron chi connectivity index (χ4n) is 2.83. The molecule has 0 unspecified atom stereocenters. The zero-order valence-corrected chi connectivity index (χ0v) is 11.4. The molecule has 0 aromatic heterocycles. The molecule has 1 aliphatic heterocycles. The maximum atomic E-state index is 11.7. The van der Waals surface area contributed by atoms with Gasteiger partial charge >= 0.3 is 0 Å². The van der Waals surface area contributed by atoms with Crippen molar-refractivity contribution in [3.63, 3.8) is 0 Å². The summed E-state index contributed by atoms with van der Waals surface area (Å²) < 4.78 is 0. The van der Waals surface area contributed by atoms with Crippen LogP contribution in [0.5, 0.6) is 0 Å². The average molecular weight is 258 g/mol. The molecule has 102 valence electrons. The van der Waals surface area contributed by atoms with Gasteiger partial charge in [0.2, 0.25) is 5.91 Å². The number of nitrogens with one attached hydrogen (secondary N) is 2. The smallest absolute Gasteiger partial charge is 0.223 e. The van der Waals surface area contributed by atoms with Crippen LogP contribution >= 0.6 is 0 Å². The Labute approximate surface area is 114 Å². The molecule has 1 amide bonds. The summed E-state index contributed by atoms with van der Waals surface area (Å²) in [6.07, 6.45) is 6.70. The lowest BCUT2D eigenvalue weighted by molar-refractivity contribution is -0.127. The summed E-state index contributed by atoms with van der Waals surface area (Å²) >= 11 is 0. The topological polar surface area (TPSA) is 41.1 Å². The molecule has 1 fully saturated rings. The van der Waals surface area contributed by atoms with Gasteiger partial charge in [0, 0.05) is 24.7 Å². The SMILES string of the molecule is O=C(NCCc1ccc2c(c1)CCCN2)C1CCC1. The van der Waals surface area contributed by atoms with Crippen LogP contribution < -0.4 is 10.6 Å². The molecule has 3 nitrogen and oxygen atoms in total. The zero-order chi connectivity index (χ0) is 13.1. The van der Waals surface area contributed by atoms with Crippen LogP contribution in [-0.2, 0) is 17.6 Å². The highest BCUT2D eigenvalue weighted by molar-refractivity contribution is 5.79. The summed E-state index contributed by atoms with van der Waals surface area (Å²) in [5.74, 6) is 0.554. The lowest BCUT2D eigenvalue weighted by atomic mass is 9.85. The fraction of sp³-hybridized carbons (Fsp3) is 0.562. The van der Waals surface area contributed by atoms with Gasteiger partial charge in [-0.3, -0.25) is 4.79 Å². The second kappa shape index (κ2) is 5.64. The number of hydrogen-bond acceptors (Lipinski definition) is 2. The van der Waals surface area contributed by atoms with Crippen molar-refractivity contribution in [1.82, 2.24) is 5.32 Å². The van der Waals surface area contributed by atoms with Gasteiger partial charge in [0.25, 0.3) is 0 Å². The Morgan fingerprint density at radius 3 is 3.00 bits per heavy atom. The first-order valence-corrected chi connectivity index (χ1v) is 7.46. The van der Waals surface area contributed by atoms with Crippen LogP contribution in [-0.4, -0.2) is 19.0 Å². The molecule has 0 radical (unpaired) electrons. The van der Waals surface area contributed by atoms with Crippen LogP contribution in [0.2, 0.25) is 0 Å². The number of hydrogen-bond donors (Lipinski definition) is 2. The van der Waals surface area contributed by atoms with E-state index < -0.39 is 0 Å². The van der Waals surface area contributed by atoms with Crippen molar-refractivity contribution in [1.29, 1.82) is 0 Å². The Morgan fingerprint density at radius 2 is 2.21 bits per heavy atom. The molecule has 0 saturated heterocycles. The minimum Gasteiger partial charge on any atom is -0.385 e. The number of anilines is 1. The third kappa shape index (κ3) is 2.91. The summed E-state index contributed by atoms with van der Waals surface area (Å²) in [6.45, 7) is 1.85. The monoisotopic (exact) mass is 258 g/mol. The van der Waals surface area contributed by atoms with Crippen LogP contribution in [0.15, 0.2) is 18.2 Å². The van der Waals surface area contributed by atoms with E-state index in [0.29, 0.717) is 5.92 Å². The third-order valence-electron chi connectivity index (χ3n) is 4.30. The van der Waals surface area contributed by atoms with Gasteiger partial charge in [-0.25, -0.2) is 0 Å². The molecule has 1 aromatic carbocycles. The highest BCUT2D eigenvalue weighted by atomic mass is 16.1. The van der Waals surface area contributed by atoms with Gasteiger partial charge in [0.1, 0.15) is 0 Å². The summed E-state index contributed by atoms with van der Waals surface area (Å²) in [4.78, 5) is 11.7. The number of rotatable bonds is 4. The highest BCUT2D eigenvalue weighted by Gasteiger charge is 2.24. The number of fused-ring (bicyclic) bond motifs is 1. The quantitative estimate of drug-likeness (QED) is 0.871. The number of amides is 1. The van der Waals surface area contributed by atoms with Crippen molar-refractivity contribution < 1.29 is 4.79 Å². The minimum absolute atomic E-state index is 0.255. The normalized spacial score (nSPS) is 18.1. The second-order valence-electron chi connectivity index (χ2n) is 5.69. The van der Waals surface area contributed by atoms with E-state index >= 15 is 0 Å². The van der Waals surface area contributed by atoms with Crippen molar-refractivity contribution in [3.05, 3.63) is 29.3 Å². The highest BCUT2D eigenvalue weighted by Crippen LogP contribution is 2.26. The molecule has 3 rings (SSSR count). The Bertz CT molecular complexity index is 466. The van der Waals surface area contributed by atoms with Crippen LogP contribution in [0, 0.1) is 5.92 Å². The van der Waals surface area contributed by atoms with E-state index in [0.717, 1.165) is 32.4 Å². The molecular formula is C16H22N2O. The van der Waals surface area contributed by atoms with Crippen LogP contribution in [0.1, 0.15) is 36.8 Å². The first-order chi connectivity index (χ1) is 9.33. The van der Waals surface area contributed by atoms with Crippen LogP contribution in [0.4, 0.5) is 5.69 Å². The maximum Gasteiger partial charge on any atom is 0.223 e. The van der Waals surface area contributed by atoms with Crippen LogP contribution in [0.25, 0.3) is 0 Å². The van der Waals surface area contributed by atoms with E-state index in [4.69, 9.17) is 0 Å². The molecule has 1 aliphatic carbocycles. The lowest BCUT2D eigenvalue weighted by Crippen LogP contribution is -2.35. The van der Waals surface area contributed by atoms with Gasteiger partial charge in [-0.05, 0) is 49.3 Å². The van der Waals surface area contributed by atoms with Gasteiger partial charge < -0.3 is 10.6 Å². The number of aryl methyl sites for hydroxylation is 1. The Morgan fingerprint density at radius 1 is 1.32 bits per heavy atom. The van der Waals surface area contributed by atoms with Crippen molar-refractivity contribution in [3.8, 4) is 0 Å². The number of carbonyl (C=O) groups excluding carboxylic acids is 1. The minimum atomic E-state index is 0.255. The number of benzene rings is 1. The van der Waals surface area contributed by atoms with E-state index in [2.05, 4.69) is 28.8 Å². The molecule has 19 heavy (non-hydrogen) atoms. The van der Waals surface area contributed by atoms with E-state index in [1.54, 1.807) is 0 Å². The van der Waals surface area contributed by atoms with Gasteiger partial charge in [-0.1, -0.05) is 18.6 Å². The van der Waals surface area contributed by atoms with Gasteiger partial charge in [-0.15, -0.1) is 0 Å². The average Bonchev–Trinajstić information content (AvgIpc) is 2.36. The molecule has 1 heterocycles. The van der Waals surface area contributed by atoms with Gasteiger partial charge in [-0.2, -0.15) is 0 Å². The van der Waals surface area contributed by atoms with Crippen molar-refractivity contribution in [2.75, 3.05) is 18.4 Å². The van der Waals surface area contributed by atoms with E-state index in [1.807, 2.05) is 0 Å². The van der Waals surface area contributed by atoms with Crippen molar-refractivity contribution in [2.24, 2.45) is 5.92 Å². The Balaban J connectivity index is 1.50. The van der Waals surface area contributed by atoms with Gasteiger partial charge in [0.15, 0.2) is 0 Å². The molecule has 0 spiro atoms. The summed E-state index contributed by atoms with van der Waals surface area (Å²) in [5, 5.41) is 6.48. The van der Waals surface area contributed by atoms with Crippen molar-refractivity contribution in [2.45, 2.75) is 38.5 Å². The lowest BCUT2D eigenvalue weighted by Gasteiger charge is -2.24. The van der Waals surface area contributed by atoms with E-state index in [-0.39, 0.29) is 5.91 Å². The molecule has 0 bridgehead atoms. The third-order valence-corrected chi connectivity index (χ3v) is 4.30. The molecule has 2 aliphatic rings. The maximum absolute atomic E-state index is 11.7. The molecule has 1 aromatic rings. The fourth-order valence-corrected chi connectivity index (χ4v) is 2.83. The van der Waals surface area contributed by atoms with Gasteiger partial charge in [0.05, 0.1) is 0 Å².